The zero-order valence-electron chi connectivity index (χ0n) is 14.9. The molecule has 0 spiro atoms. The van der Waals surface area contributed by atoms with Crippen molar-refractivity contribution in [1.29, 1.82) is 0 Å². The maximum Gasteiger partial charge on any atom is 0.237 e. The lowest BCUT2D eigenvalue weighted by atomic mass is 10.1. The van der Waals surface area contributed by atoms with Gasteiger partial charge >= 0.3 is 0 Å². The highest BCUT2D eigenvalue weighted by Gasteiger charge is 2.32. The summed E-state index contributed by atoms with van der Waals surface area (Å²) in [4.78, 5) is 36.9. The molecule has 0 radical (unpaired) electrons. The maximum atomic E-state index is 12.2. The molecule has 2 rings (SSSR count). The van der Waals surface area contributed by atoms with E-state index in [4.69, 9.17) is 15.2 Å². The summed E-state index contributed by atoms with van der Waals surface area (Å²) in [6.07, 6.45) is -0.0580. The Balaban J connectivity index is 2.11. The number of nitrogens with zero attached hydrogens (tertiary/aromatic N) is 1. The van der Waals surface area contributed by atoms with Gasteiger partial charge in [-0.25, -0.2) is 0 Å². The van der Waals surface area contributed by atoms with Crippen LogP contribution in [-0.4, -0.2) is 62.5 Å². The van der Waals surface area contributed by atoms with Crippen molar-refractivity contribution in [1.82, 2.24) is 15.5 Å². The molecule has 9 heteroatoms. The quantitative estimate of drug-likeness (QED) is 0.543. The fourth-order valence-corrected chi connectivity index (χ4v) is 2.81. The van der Waals surface area contributed by atoms with Gasteiger partial charge in [-0.3, -0.25) is 19.3 Å². The monoisotopic (exact) mass is 364 g/mol. The van der Waals surface area contributed by atoms with Gasteiger partial charge in [-0.05, 0) is 6.07 Å². The van der Waals surface area contributed by atoms with Crippen LogP contribution >= 0.6 is 0 Å². The topological polar surface area (TPSA) is 123 Å². The number of carbonyl (C=O) groups excluding carboxylic acids is 3. The van der Waals surface area contributed by atoms with Crippen LogP contribution in [0.2, 0.25) is 0 Å². The Hall–Kier alpha value is -2.81. The zero-order chi connectivity index (χ0) is 19.1. The van der Waals surface area contributed by atoms with Gasteiger partial charge in [-0.15, -0.1) is 0 Å². The number of amides is 3. The first kappa shape index (κ1) is 19.5. The lowest BCUT2D eigenvalue weighted by Crippen LogP contribution is -2.56. The summed E-state index contributed by atoms with van der Waals surface area (Å²) in [5, 5.41) is 5.17. The Morgan fingerprint density at radius 1 is 1.35 bits per heavy atom. The van der Waals surface area contributed by atoms with Gasteiger partial charge in [-0.2, -0.15) is 0 Å². The number of piperazine rings is 1. The highest BCUT2D eigenvalue weighted by Crippen LogP contribution is 2.27. The van der Waals surface area contributed by atoms with Crippen LogP contribution < -0.4 is 25.8 Å². The van der Waals surface area contributed by atoms with Gasteiger partial charge in [0, 0.05) is 31.3 Å². The SMILES string of the molecule is COc1ccc(CN2CCNC(=O)[C@@H]2CC(=O)NCC(N)=O)c(OC)c1. The summed E-state index contributed by atoms with van der Waals surface area (Å²) >= 11 is 0. The summed E-state index contributed by atoms with van der Waals surface area (Å²) in [5.74, 6) is 0.0541. The van der Waals surface area contributed by atoms with E-state index in [1.54, 1.807) is 20.3 Å². The van der Waals surface area contributed by atoms with Gasteiger partial charge in [0.1, 0.15) is 11.5 Å². The lowest BCUT2D eigenvalue weighted by Gasteiger charge is -2.35. The standard InChI is InChI=1S/C17H24N4O5/c1-25-12-4-3-11(14(7-12)26-2)10-21-6-5-19-17(24)13(21)8-16(23)20-9-15(18)22/h3-4,7,13H,5-6,8-10H2,1-2H3,(H2,18,22)(H,19,24)(H,20,23)/t13-/m0/s1. The molecule has 0 aromatic heterocycles. The van der Waals surface area contributed by atoms with E-state index in [1.807, 2.05) is 17.0 Å². The van der Waals surface area contributed by atoms with E-state index in [1.165, 1.54) is 0 Å². The molecule has 1 aromatic rings. The molecule has 1 heterocycles. The van der Waals surface area contributed by atoms with Crippen LogP contribution in [0.5, 0.6) is 11.5 Å². The van der Waals surface area contributed by atoms with Crippen molar-refractivity contribution >= 4 is 17.7 Å². The number of hydrogen-bond acceptors (Lipinski definition) is 6. The molecular weight excluding hydrogens is 340 g/mol. The minimum atomic E-state index is -0.636. The number of rotatable bonds is 8. The van der Waals surface area contributed by atoms with E-state index in [0.29, 0.717) is 31.1 Å². The largest absolute Gasteiger partial charge is 0.497 e. The molecular formula is C17H24N4O5. The third-order valence-electron chi connectivity index (χ3n) is 4.15. The summed E-state index contributed by atoms with van der Waals surface area (Å²) in [5.41, 5.74) is 5.90. The first-order valence-electron chi connectivity index (χ1n) is 8.22. The van der Waals surface area contributed by atoms with Gasteiger partial charge in [-0.1, -0.05) is 6.07 Å². The molecule has 3 amide bonds. The molecule has 4 N–H and O–H groups in total. The zero-order valence-corrected chi connectivity index (χ0v) is 14.9. The van der Waals surface area contributed by atoms with Gasteiger partial charge in [0.2, 0.25) is 17.7 Å². The number of nitrogens with one attached hydrogen (secondary N) is 2. The first-order valence-corrected chi connectivity index (χ1v) is 8.22. The van der Waals surface area contributed by atoms with Crippen molar-refractivity contribution in [3.63, 3.8) is 0 Å². The molecule has 9 nitrogen and oxygen atoms in total. The predicted molar refractivity (Wildman–Crippen MR) is 93.6 cm³/mol. The number of nitrogens with two attached hydrogens (primary N) is 1. The van der Waals surface area contributed by atoms with Crippen LogP contribution in [0.3, 0.4) is 0 Å². The van der Waals surface area contributed by atoms with Crippen LogP contribution in [0, 0.1) is 0 Å². The van der Waals surface area contributed by atoms with Crippen molar-refractivity contribution < 1.29 is 23.9 Å². The number of primary amides is 1. The van der Waals surface area contributed by atoms with E-state index in [0.717, 1.165) is 5.56 Å². The number of ether oxygens (including phenoxy) is 2. The second-order valence-electron chi connectivity index (χ2n) is 5.90. The Bertz CT molecular complexity index is 679. The smallest absolute Gasteiger partial charge is 0.237 e. The van der Waals surface area contributed by atoms with Crippen molar-refractivity contribution in [2.45, 2.75) is 19.0 Å². The number of benzene rings is 1. The average Bonchev–Trinajstić information content (AvgIpc) is 2.63. The molecule has 1 aliphatic heterocycles. The summed E-state index contributed by atoms with van der Waals surface area (Å²) in [7, 11) is 3.14. The van der Waals surface area contributed by atoms with Gasteiger partial charge in [0.25, 0.3) is 0 Å². The minimum Gasteiger partial charge on any atom is -0.497 e. The van der Waals surface area contributed by atoms with E-state index < -0.39 is 17.9 Å². The Morgan fingerprint density at radius 2 is 2.12 bits per heavy atom. The third kappa shape index (κ3) is 5.09. The Kier molecular flexibility index (Phi) is 6.79. The second-order valence-corrected chi connectivity index (χ2v) is 5.90. The Morgan fingerprint density at radius 3 is 2.77 bits per heavy atom. The lowest BCUT2D eigenvalue weighted by molar-refractivity contribution is -0.134. The van der Waals surface area contributed by atoms with E-state index in [2.05, 4.69) is 10.6 Å². The predicted octanol–water partition coefficient (Wildman–Crippen LogP) is -1.00. The molecule has 26 heavy (non-hydrogen) atoms. The van der Waals surface area contributed by atoms with Crippen molar-refractivity contribution in [2.24, 2.45) is 5.73 Å². The van der Waals surface area contributed by atoms with Crippen LogP contribution in [-0.2, 0) is 20.9 Å². The van der Waals surface area contributed by atoms with Crippen LogP contribution in [0.1, 0.15) is 12.0 Å². The van der Waals surface area contributed by atoms with Crippen LogP contribution in [0.15, 0.2) is 18.2 Å². The molecule has 0 bridgehead atoms. The van der Waals surface area contributed by atoms with E-state index in [-0.39, 0.29) is 18.9 Å². The molecule has 142 valence electrons. The average molecular weight is 364 g/mol. The maximum absolute atomic E-state index is 12.2. The highest BCUT2D eigenvalue weighted by molar-refractivity contribution is 5.90. The van der Waals surface area contributed by atoms with Gasteiger partial charge in [0.05, 0.1) is 33.2 Å². The van der Waals surface area contributed by atoms with Crippen molar-refractivity contribution in [3.8, 4) is 11.5 Å². The minimum absolute atomic E-state index is 0.0580. The van der Waals surface area contributed by atoms with Gasteiger partial charge in [0.15, 0.2) is 0 Å². The number of carbonyl (C=O) groups is 3. The molecule has 1 saturated heterocycles. The fourth-order valence-electron chi connectivity index (χ4n) is 2.81. The molecule has 1 atom stereocenters. The highest BCUT2D eigenvalue weighted by atomic mass is 16.5. The first-order chi connectivity index (χ1) is 12.4. The Labute approximate surface area is 151 Å². The second kappa shape index (κ2) is 9.04. The van der Waals surface area contributed by atoms with Crippen molar-refractivity contribution in [2.75, 3.05) is 33.9 Å². The third-order valence-corrected chi connectivity index (χ3v) is 4.15. The number of methoxy groups -OCH3 is 2. The molecule has 0 saturated carbocycles. The summed E-state index contributed by atoms with van der Waals surface area (Å²) < 4.78 is 10.6. The molecule has 0 unspecified atom stereocenters. The number of hydrogen-bond donors (Lipinski definition) is 3. The van der Waals surface area contributed by atoms with E-state index in [9.17, 15) is 14.4 Å². The molecule has 1 aromatic carbocycles. The fraction of sp³-hybridized carbons (Fsp3) is 0.471. The van der Waals surface area contributed by atoms with Gasteiger partial charge < -0.3 is 25.8 Å². The van der Waals surface area contributed by atoms with Crippen LogP contribution in [0.25, 0.3) is 0 Å². The van der Waals surface area contributed by atoms with Crippen LogP contribution in [0.4, 0.5) is 0 Å². The summed E-state index contributed by atoms with van der Waals surface area (Å²) in [6.45, 7) is 1.28. The molecule has 1 aliphatic rings. The normalized spacial score (nSPS) is 17.3. The molecule has 0 aliphatic carbocycles. The summed E-state index contributed by atoms with van der Waals surface area (Å²) in [6, 6.07) is 4.82. The van der Waals surface area contributed by atoms with Crippen molar-refractivity contribution in [3.05, 3.63) is 23.8 Å². The molecule has 1 fully saturated rings. The van der Waals surface area contributed by atoms with E-state index >= 15 is 0 Å².